The van der Waals surface area contributed by atoms with Gasteiger partial charge in [-0.05, 0) is 19.1 Å². The Balaban J connectivity index is 2.32. The lowest BCUT2D eigenvalue weighted by atomic mass is 10.3. The van der Waals surface area contributed by atoms with Gasteiger partial charge < -0.3 is 9.88 Å². The van der Waals surface area contributed by atoms with Crippen LogP contribution in [0.2, 0.25) is 5.02 Å². The molecule has 1 aromatic heterocycles. The molecule has 0 radical (unpaired) electrons. The van der Waals surface area contributed by atoms with Crippen molar-refractivity contribution < 1.29 is 4.79 Å². The molecule has 0 aliphatic carbocycles. The normalized spacial score (nSPS) is 10.9. The van der Waals surface area contributed by atoms with Gasteiger partial charge in [-0.25, -0.2) is 4.98 Å². The van der Waals surface area contributed by atoms with Crippen LogP contribution >= 0.6 is 23.2 Å². The minimum Gasteiger partial charge on any atom is -0.356 e. The number of hydrogen-bond acceptors (Lipinski definition) is 2. The predicted octanol–water partition coefficient (Wildman–Crippen LogP) is 2.95. The molecular weight excluding hydrogens is 285 g/mol. The molecular formula is C13H15Cl2N3O. The van der Waals surface area contributed by atoms with E-state index in [4.69, 9.17) is 23.2 Å². The van der Waals surface area contributed by atoms with Crippen LogP contribution in [0.5, 0.6) is 0 Å². The van der Waals surface area contributed by atoms with Crippen molar-refractivity contribution in [1.82, 2.24) is 14.9 Å². The average Bonchev–Trinajstić information content (AvgIpc) is 2.76. The van der Waals surface area contributed by atoms with E-state index in [1.807, 2.05) is 29.7 Å². The van der Waals surface area contributed by atoms with Crippen molar-refractivity contribution in [1.29, 1.82) is 0 Å². The van der Waals surface area contributed by atoms with E-state index in [1.54, 1.807) is 0 Å². The first-order valence-electron chi connectivity index (χ1n) is 6.13. The molecule has 0 fully saturated rings. The smallest absolute Gasteiger partial charge is 0.221 e. The zero-order valence-corrected chi connectivity index (χ0v) is 12.1. The Morgan fingerprint density at radius 2 is 2.26 bits per heavy atom. The molecule has 0 saturated heterocycles. The van der Waals surface area contributed by atoms with Gasteiger partial charge in [-0.3, -0.25) is 4.79 Å². The molecule has 19 heavy (non-hydrogen) atoms. The highest BCUT2D eigenvalue weighted by atomic mass is 35.5. The number of aryl methyl sites for hydroxylation is 1. The van der Waals surface area contributed by atoms with Crippen molar-refractivity contribution >= 4 is 40.1 Å². The van der Waals surface area contributed by atoms with Gasteiger partial charge in [0.2, 0.25) is 5.91 Å². The van der Waals surface area contributed by atoms with Gasteiger partial charge in [0.15, 0.2) is 0 Å². The van der Waals surface area contributed by atoms with Crippen molar-refractivity contribution in [2.45, 2.75) is 25.8 Å². The Labute approximate surface area is 121 Å². The van der Waals surface area contributed by atoms with E-state index in [1.165, 1.54) is 0 Å². The summed E-state index contributed by atoms with van der Waals surface area (Å²) in [5.74, 6) is 1.03. The number of carbonyl (C=O) groups is 1. The number of nitrogens with zero attached hydrogens (tertiary/aromatic N) is 2. The van der Waals surface area contributed by atoms with Gasteiger partial charge in [0.25, 0.3) is 0 Å². The van der Waals surface area contributed by atoms with Gasteiger partial charge in [0.05, 0.1) is 21.9 Å². The van der Waals surface area contributed by atoms with Gasteiger partial charge in [-0.15, -0.1) is 11.6 Å². The van der Waals surface area contributed by atoms with Gasteiger partial charge in [0, 0.05) is 19.5 Å². The van der Waals surface area contributed by atoms with E-state index in [2.05, 4.69) is 10.3 Å². The zero-order valence-electron chi connectivity index (χ0n) is 10.6. The lowest BCUT2D eigenvalue weighted by Crippen LogP contribution is -2.24. The number of alkyl halides is 1. The summed E-state index contributed by atoms with van der Waals surface area (Å²) in [5.41, 5.74) is 1.64. The van der Waals surface area contributed by atoms with Crippen molar-refractivity contribution in [3.8, 4) is 0 Å². The summed E-state index contributed by atoms with van der Waals surface area (Å²) < 4.78 is 1.92. The van der Waals surface area contributed by atoms with E-state index in [0.29, 0.717) is 30.4 Å². The summed E-state index contributed by atoms with van der Waals surface area (Å²) >= 11 is 12.1. The van der Waals surface area contributed by atoms with E-state index < -0.39 is 0 Å². The number of fused-ring (bicyclic) bond motifs is 1. The molecule has 0 saturated carbocycles. The summed E-state index contributed by atoms with van der Waals surface area (Å²) in [6.07, 6.45) is 0.383. The average molecular weight is 300 g/mol. The highest BCUT2D eigenvalue weighted by molar-refractivity contribution is 6.35. The maximum absolute atomic E-state index is 11.5. The number of rotatable bonds is 5. The molecule has 0 spiro atoms. The van der Waals surface area contributed by atoms with Crippen LogP contribution in [0, 0.1) is 0 Å². The minimum atomic E-state index is 0.0110. The molecule has 2 aromatic rings. The largest absolute Gasteiger partial charge is 0.356 e. The van der Waals surface area contributed by atoms with E-state index >= 15 is 0 Å². The van der Waals surface area contributed by atoms with Crippen LogP contribution < -0.4 is 5.32 Å². The van der Waals surface area contributed by atoms with E-state index in [9.17, 15) is 4.79 Å². The third-order valence-corrected chi connectivity index (χ3v) is 3.40. The van der Waals surface area contributed by atoms with Gasteiger partial charge in [0.1, 0.15) is 5.82 Å². The predicted molar refractivity (Wildman–Crippen MR) is 77.6 cm³/mol. The van der Waals surface area contributed by atoms with Gasteiger partial charge in [-0.1, -0.05) is 17.7 Å². The van der Waals surface area contributed by atoms with Crippen molar-refractivity contribution in [3.05, 3.63) is 29.0 Å². The van der Waals surface area contributed by atoms with Crippen molar-refractivity contribution in [2.75, 3.05) is 6.54 Å². The Hall–Kier alpha value is -1.26. The Morgan fingerprint density at radius 1 is 1.47 bits per heavy atom. The number of hydrogen-bond donors (Lipinski definition) is 1. The molecule has 0 atom stereocenters. The monoisotopic (exact) mass is 299 g/mol. The molecule has 0 bridgehead atoms. The lowest BCUT2D eigenvalue weighted by molar-refractivity contribution is -0.121. The maximum Gasteiger partial charge on any atom is 0.221 e. The van der Waals surface area contributed by atoms with Crippen LogP contribution in [0.3, 0.4) is 0 Å². The lowest BCUT2D eigenvalue weighted by Gasteiger charge is -2.08. The Kier molecular flexibility index (Phi) is 4.66. The quantitative estimate of drug-likeness (QED) is 0.863. The molecule has 1 heterocycles. The maximum atomic E-state index is 11.5. The van der Waals surface area contributed by atoms with Crippen LogP contribution in [0.4, 0.5) is 0 Å². The first-order valence-corrected chi connectivity index (χ1v) is 7.05. The molecule has 102 valence electrons. The molecule has 2 rings (SSSR count). The number of aromatic nitrogens is 2. The summed E-state index contributed by atoms with van der Waals surface area (Å²) in [6, 6.07) is 5.55. The number of para-hydroxylation sites is 1. The minimum absolute atomic E-state index is 0.0110. The van der Waals surface area contributed by atoms with Crippen LogP contribution in [-0.4, -0.2) is 22.0 Å². The number of nitrogens with one attached hydrogen (secondary N) is 1. The molecule has 0 aliphatic rings. The Morgan fingerprint density at radius 3 is 2.95 bits per heavy atom. The first-order chi connectivity index (χ1) is 9.17. The molecule has 0 unspecified atom stereocenters. The van der Waals surface area contributed by atoms with E-state index in [0.717, 1.165) is 16.9 Å². The molecule has 6 heteroatoms. The first kappa shape index (κ1) is 14.2. The van der Waals surface area contributed by atoms with Crippen molar-refractivity contribution in [2.24, 2.45) is 0 Å². The summed E-state index contributed by atoms with van der Waals surface area (Å²) in [7, 11) is 0. The van der Waals surface area contributed by atoms with Gasteiger partial charge in [-0.2, -0.15) is 0 Å². The molecule has 1 aromatic carbocycles. The molecule has 1 amide bonds. The van der Waals surface area contributed by atoms with Gasteiger partial charge >= 0.3 is 0 Å². The third-order valence-electron chi connectivity index (χ3n) is 2.85. The number of amides is 1. The van der Waals surface area contributed by atoms with E-state index in [-0.39, 0.29) is 5.91 Å². The van der Waals surface area contributed by atoms with Crippen molar-refractivity contribution in [3.63, 3.8) is 0 Å². The Bertz CT molecular complexity index is 595. The number of imidazole rings is 1. The topological polar surface area (TPSA) is 46.9 Å². The second-order valence-electron chi connectivity index (χ2n) is 4.12. The summed E-state index contributed by atoms with van der Waals surface area (Å²) in [5, 5.41) is 3.39. The molecule has 4 nitrogen and oxygen atoms in total. The fourth-order valence-electron chi connectivity index (χ4n) is 2.03. The van der Waals surface area contributed by atoms with Crippen LogP contribution in [0.25, 0.3) is 11.0 Å². The molecule has 1 N–H and O–H groups in total. The zero-order chi connectivity index (χ0) is 13.8. The highest BCUT2D eigenvalue weighted by Crippen LogP contribution is 2.25. The summed E-state index contributed by atoms with van der Waals surface area (Å²) in [6.45, 7) is 3.05. The second kappa shape index (κ2) is 6.26. The highest BCUT2D eigenvalue weighted by Gasteiger charge is 2.13. The number of halogens is 2. The fraction of sp³-hybridized carbons (Fsp3) is 0.385. The number of carbonyl (C=O) groups excluding carboxylic acids is 1. The summed E-state index contributed by atoms with van der Waals surface area (Å²) in [4.78, 5) is 16.0. The van der Waals surface area contributed by atoms with Crippen LogP contribution in [0.1, 0.15) is 19.2 Å². The van der Waals surface area contributed by atoms with Crippen LogP contribution in [0.15, 0.2) is 18.2 Å². The fourth-order valence-corrected chi connectivity index (χ4v) is 2.51. The second-order valence-corrected chi connectivity index (χ2v) is 4.80. The van der Waals surface area contributed by atoms with Crippen LogP contribution in [-0.2, 0) is 17.2 Å². The SMILES string of the molecule is CCNC(=O)CCn1c(CCl)nc2cccc(Cl)c21. The molecule has 0 aliphatic heterocycles. The number of benzene rings is 1. The standard InChI is InChI=1S/C13H15Cl2N3O/c1-2-16-12(19)6-7-18-11(8-14)17-10-5-3-4-9(15)13(10)18/h3-5H,2,6-8H2,1H3,(H,16,19). The third kappa shape index (κ3) is 3.01.